The highest BCUT2D eigenvalue weighted by Gasteiger charge is 2.05. The summed E-state index contributed by atoms with van der Waals surface area (Å²) in [5, 5.41) is 18.3. The maximum absolute atomic E-state index is 8.80. The number of nitrogens with one attached hydrogen (secondary N) is 2. The predicted molar refractivity (Wildman–Crippen MR) is 94.6 cm³/mol. The number of nitriles is 1. The van der Waals surface area contributed by atoms with Crippen molar-refractivity contribution in [3.05, 3.63) is 46.5 Å². The maximum Gasteiger partial charge on any atom is 0.191 e. The first-order valence-corrected chi connectivity index (χ1v) is 8.05. The molecule has 2 N–H and O–H groups in total. The molecule has 2 rings (SSSR count). The number of thiazole rings is 1. The smallest absolute Gasteiger partial charge is 0.191 e. The molecule has 0 saturated carbocycles. The van der Waals surface area contributed by atoms with E-state index < -0.39 is 0 Å². The lowest BCUT2D eigenvalue weighted by Gasteiger charge is -2.11. The minimum Gasteiger partial charge on any atom is -0.354 e. The molecule has 0 bridgehead atoms. The first-order valence-electron chi connectivity index (χ1n) is 7.17. The normalized spacial score (nSPS) is 11.0. The molecule has 1 aromatic carbocycles. The van der Waals surface area contributed by atoms with Gasteiger partial charge >= 0.3 is 0 Å². The zero-order chi connectivity index (χ0) is 16.7. The Bertz CT molecular complexity index is 696. The third-order valence-corrected chi connectivity index (χ3v) is 4.18. The van der Waals surface area contributed by atoms with Crippen LogP contribution in [0.2, 0.25) is 0 Å². The molecule has 0 amide bonds. The molecule has 0 unspecified atom stereocenters. The number of anilines is 1. The van der Waals surface area contributed by atoms with Gasteiger partial charge in [0.05, 0.1) is 23.9 Å². The zero-order valence-electron chi connectivity index (χ0n) is 13.5. The average Bonchev–Trinajstić information content (AvgIpc) is 3.05. The number of guanidine groups is 1. The average molecular weight is 328 g/mol. The fourth-order valence-electron chi connectivity index (χ4n) is 1.86. The highest BCUT2D eigenvalue weighted by Crippen LogP contribution is 2.17. The molecule has 6 nitrogen and oxygen atoms in total. The van der Waals surface area contributed by atoms with Crippen molar-refractivity contribution < 1.29 is 0 Å². The lowest BCUT2D eigenvalue weighted by Crippen LogP contribution is -2.36. The Morgan fingerprint density at radius 2 is 1.96 bits per heavy atom. The van der Waals surface area contributed by atoms with Crippen molar-refractivity contribution in [2.45, 2.75) is 13.1 Å². The summed E-state index contributed by atoms with van der Waals surface area (Å²) in [6, 6.07) is 9.60. The van der Waals surface area contributed by atoms with Gasteiger partial charge < -0.3 is 15.5 Å². The Kier molecular flexibility index (Phi) is 5.94. The van der Waals surface area contributed by atoms with Crippen molar-refractivity contribution in [1.29, 1.82) is 5.26 Å². The summed E-state index contributed by atoms with van der Waals surface area (Å²) in [7, 11) is 5.70. The second-order valence-corrected chi connectivity index (χ2v) is 5.94. The molecule has 0 aliphatic heterocycles. The standard InChI is InChI=1S/C16H20N6S/c1-18-15(19-9-13-6-4-12(8-17)5-7-13)20-10-14-11-23-16(21-14)22(2)3/h4-7,11H,9-10H2,1-3H3,(H2,18,19,20). The molecule has 0 aliphatic rings. The molecule has 1 aromatic heterocycles. The van der Waals surface area contributed by atoms with Gasteiger partial charge in [-0.15, -0.1) is 11.3 Å². The molecular formula is C16H20N6S. The van der Waals surface area contributed by atoms with Crippen molar-refractivity contribution in [2.24, 2.45) is 4.99 Å². The van der Waals surface area contributed by atoms with Crippen LogP contribution in [0, 0.1) is 11.3 Å². The van der Waals surface area contributed by atoms with E-state index in [-0.39, 0.29) is 0 Å². The van der Waals surface area contributed by atoms with Crippen molar-refractivity contribution in [2.75, 3.05) is 26.0 Å². The largest absolute Gasteiger partial charge is 0.354 e. The molecular weight excluding hydrogens is 308 g/mol. The van der Waals surface area contributed by atoms with Crippen LogP contribution >= 0.6 is 11.3 Å². The monoisotopic (exact) mass is 328 g/mol. The van der Waals surface area contributed by atoms with Crippen LogP contribution < -0.4 is 15.5 Å². The van der Waals surface area contributed by atoms with Gasteiger partial charge in [0.25, 0.3) is 0 Å². The molecule has 7 heteroatoms. The molecule has 2 aromatic rings. The van der Waals surface area contributed by atoms with Gasteiger partial charge in [-0.05, 0) is 17.7 Å². The highest BCUT2D eigenvalue weighted by molar-refractivity contribution is 7.13. The number of nitrogens with zero attached hydrogens (tertiary/aromatic N) is 4. The van der Waals surface area contributed by atoms with Gasteiger partial charge in [0.15, 0.2) is 11.1 Å². The van der Waals surface area contributed by atoms with Crippen LogP contribution in [0.4, 0.5) is 5.13 Å². The Balaban J connectivity index is 1.84. The third kappa shape index (κ3) is 4.97. The molecule has 23 heavy (non-hydrogen) atoms. The third-order valence-electron chi connectivity index (χ3n) is 3.13. The number of hydrogen-bond donors (Lipinski definition) is 2. The number of benzene rings is 1. The van der Waals surface area contributed by atoms with Gasteiger partial charge in [-0.3, -0.25) is 4.99 Å². The quantitative estimate of drug-likeness (QED) is 0.648. The number of aliphatic imine (C=N–C) groups is 1. The second kappa shape index (κ2) is 8.15. The first-order chi connectivity index (χ1) is 11.1. The van der Waals surface area contributed by atoms with Crippen molar-refractivity contribution in [1.82, 2.24) is 15.6 Å². The van der Waals surface area contributed by atoms with Crippen LogP contribution in [0.1, 0.15) is 16.8 Å². The van der Waals surface area contributed by atoms with E-state index in [1.165, 1.54) is 0 Å². The molecule has 120 valence electrons. The summed E-state index contributed by atoms with van der Waals surface area (Å²) in [5.41, 5.74) is 2.74. The Morgan fingerprint density at radius 3 is 2.52 bits per heavy atom. The van der Waals surface area contributed by atoms with E-state index in [0.717, 1.165) is 16.4 Å². The van der Waals surface area contributed by atoms with E-state index in [4.69, 9.17) is 5.26 Å². The summed E-state index contributed by atoms with van der Waals surface area (Å²) in [4.78, 5) is 10.7. The van der Waals surface area contributed by atoms with Gasteiger partial charge in [0.2, 0.25) is 0 Å². The van der Waals surface area contributed by atoms with Gasteiger partial charge in [-0.2, -0.15) is 5.26 Å². The van der Waals surface area contributed by atoms with E-state index in [2.05, 4.69) is 26.7 Å². The fraction of sp³-hybridized carbons (Fsp3) is 0.312. The van der Waals surface area contributed by atoms with Crippen molar-refractivity contribution >= 4 is 22.4 Å². The molecule has 0 saturated heterocycles. The van der Waals surface area contributed by atoms with E-state index in [9.17, 15) is 0 Å². The molecule has 1 heterocycles. The molecule has 0 atom stereocenters. The summed E-state index contributed by atoms with van der Waals surface area (Å²) >= 11 is 1.62. The lowest BCUT2D eigenvalue weighted by atomic mass is 10.1. The van der Waals surface area contributed by atoms with E-state index in [1.54, 1.807) is 18.4 Å². The van der Waals surface area contributed by atoms with Gasteiger partial charge in [0, 0.05) is 33.1 Å². The number of rotatable bonds is 5. The maximum atomic E-state index is 8.80. The fourth-order valence-corrected chi connectivity index (χ4v) is 2.62. The second-order valence-electron chi connectivity index (χ2n) is 5.10. The lowest BCUT2D eigenvalue weighted by molar-refractivity contribution is 0.797. The minimum atomic E-state index is 0.622. The van der Waals surface area contributed by atoms with Crippen molar-refractivity contribution in [3.8, 4) is 6.07 Å². The summed E-state index contributed by atoms with van der Waals surface area (Å²) < 4.78 is 0. The van der Waals surface area contributed by atoms with Crippen LogP contribution in [-0.4, -0.2) is 32.1 Å². The first kappa shape index (κ1) is 16.8. The van der Waals surface area contributed by atoms with Gasteiger partial charge in [-0.1, -0.05) is 12.1 Å². The van der Waals surface area contributed by atoms with Gasteiger partial charge in [-0.25, -0.2) is 4.98 Å². The van der Waals surface area contributed by atoms with Crippen molar-refractivity contribution in [3.63, 3.8) is 0 Å². The van der Waals surface area contributed by atoms with Crippen LogP contribution in [0.25, 0.3) is 0 Å². The Morgan fingerprint density at radius 1 is 1.26 bits per heavy atom. The Hall–Kier alpha value is -2.59. The molecule has 0 radical (unpaired) electrons. The molecule has 0 spiro atoms. The van der Waals surface area contributed by atoms with Crippen LogP contribution in [0.5, 0.6) is 0 Å². The number of hydrogen-bond acceptors (Lipinski definition) is 5. The summed E-state index contributed by atoms with van der Waals surface area (Å²) in [6.45, 7) is 1.27. The predicted octanol–water partition coefficient (Wildman–Crippen LogP) is 1.95. The Labute approximate surface area is 140 Å². The van der Waals surface area contributed by atoms with Crippen LogP contribution in [0.3, 0.4) is 0 Å². The summed E-state index contributed by atoms with van der Waals surface area (Å²) in [5.74, 6) is 0.716. The van der Waals surface area contributed by atoms with Gasteiger partial charge in [0.1, 0.15) is 0 Å². The zero-order valence-corrected chi connectivity index (χ0v) is 14.3. The highest BCUT2D eigenvalue weighted by atomic mass is 32.1. The van der Waals surface area contributed by atoms with E-state index >= 15 is 0 Å². The van der Waals surface area contributed by atoms with Crippen LogP contribution in [-0.2, 0) is 13.1 Å². The van der Waals surface area contributed by atoms with Crippen LogP contribution in [0.15, 0.2) is 34.6 Å². The summed E-state index contributed by atoms with van der Waals surface area (Å²) in [6.07, 6.45) is 0. The minimum absolute atomic E-state index is 0.622. The number of aromatic nitrogens is 1. The SMILES string of the molecule is CN=C(NCc1ccc(C#N)cc1)NCc1csc(N(C)C)n1. The van der Waals surface area contributed by atoms with E-state index in [1.807, 2.05) is 48.6 Å². The molecule has 0 fully saturated rings. The molecule has 0 aliphatic carbocycles. The van der Waals surface area contributed by atoms with E-state index in [0.29, 0.717) is 24.6 Å². The topological polar surface area (TPSA) is 76.3 Å².